The molecule has 4 nitrogen and oxygen atoms in total. The van der Waals surface area contributed by atoms with E-state index in [1.165, 1.54) is 30.5 Å². The number of aromatic nitrogens is 2. The zero-order valence-electron chi connectivity index (χ0n) is 12.3. The minimum atomic E-state index is -0.710. The van der Waals surface area contributed by atoms with E-state index in [9.17, 15) is 5.11 Å². The summed E-state index contributed by atoms with van der Waals surface area (Å²) in [4.78, 5) is 11.1. The minimum absolute atomic E-state index is 0.604. The molecule has 1 aliphatic rings. The predicted molar refractivity (Wildman–Crippen MR) is 77.5 cm³/mol. The van der Waals surface area contributed by atoms with Gasteiger partial charge in [-0.05, 0) is 46.5 Å². The topological polar surface area (TPSA) is 49.2 Å². The van der Waals surface area contributed by atoms with Crippen molar-refractivity contribution in [3.8, 4) is 0 Å². The van der Waals surface area contributed by atoms with Crippen molar-refractivity contribution in [2.75, 3.05) is 18.0 Å². The number of anilines is 1. The fourth-order valence-electron chi connectivity index (χ4n) is 2.76. The van der Waals surface area contributed by atoms with Crippen molar-refractivity contribution < 1.29 is 5.11 Å². The Kier molecular flexibility index (Phi) is 4.40. The summed E-state index contributed by atoms with van der Waals surface area (Å²) in [6.45, 7) is 7.25. The molecule has 0 aliphatic heterocycles. The number of hydrogen-bond acceptors (Lipinski definition) is 4. The molecule has 0 amide bonds. The van der Waals surface area contributed by atoms with Crippen LogP contribution in [-0.2, 0) is 12.8 Å². The van der Waals surface area contributed by atoms with E-state index in [0.717, 1.165) is 25.2 Å². The highest BCUT2D eigenvalue weighted by atomic mass is 16.3. The second-order valence-electron chi connectivity index (χ2n) is 6.01. The Labute approximate surface area is 115 Å². The third-order valence-electron chi connectivity index (χ3n) is 3.61. The van der Waals surface area contributed by atoms with Crippen LogP contribution in [0.1, 0.15) is 51.3 Å². The molecular weight excluding hydrogens is 238 g/mol. The van der Waals surface area contributed by atoms with Gasteiger partial charge in [0, 0.05) is 24.3 Å². The summed E-state index contributed by atoms with van der Waals surface area (Å²) in [5, 5.41) is 10.1. The molecule has 19 heavy (non-hydrogen) atoms. The molecule has 0 saturated heterocycles. The summed E-state index contributed by atoms with van der Waals surface area (Å²) in [7, 11) is 0. The van der Waals surface area contributed by atoms with Crippen LogP contribution >= 0.6 is 0 Å². The molecule has 0 unspecified atom stereocenters. The van der Waals surface area contributed by atoms with Crippen molar-refractivity contribution in [2.45, 2.75) is 58.5 Å². The molecule has 1 aliphatic carbocycles. The largest absolute Gasteiger partial charge is 0.389 e. The van der Waals surface area contributed by atoms with Gasteiger partial charge >= 0.3 is 0 Å². The molecule has 0 radical (unpaired) electrons. The number of rotatable bonds is 4. The van der Waals surface area contributed by atoms with Crippen molar-refractivity contribution >= 4 is 5.82 Å². The number of likely N-dealkylation sites (N-methyl/N-ethyl adjacent to an activating group) is 1. The van der Waals surface area contributed by atoms with E-state index >= 15 is 0 Å². The maximum Gasteiger partial charge on any atom is 0.135 e. The van der Waals surface area contributed by atoms with Crippen LogP contribution in [0.5, 0.6) is 0 Å². The fourth-order valence-corrected chi connectivity index (χ4v) is 2.76. The average molecular weight is 263 g/mol. The summed E-state index contributed by atoms with van der Waals surface area (Å²) in [6, 6.07) is 0. The van der Waals surface area contributed by atoms with Crippen molar-refractivity contribution in [1.82, 2.24) is 9.97 Å². The van der Waals surface area contributed by atoms with E-state index in [2.05, 4.69) is 21.8 Å². The van der Waals surface area contributed by atoms with Crippen LogP contribution in [0.2, 0.25) is 0 Å². The summed E-state index contributed by atoms with van der Waals surface area (Å²) in [5.41, 5.74) is 1.79. The van der Waals surface area contributed by atoms with E-state index in [1.807, 2.05) is 13.8 Å². The van der Waals surface area contributed by atoms with Crippen molar-refractivity contribution in [2.24, 2.45) is 0 Å². The maximum atomic E-state index is 10.1. The molecule has 1 aromatic rings. The van der Waals surface area contributed by atoms with Gasteiger partial charge in [0.05, 0.1) is 5.60 Å². The lowest BCUT2D eigenvalue weighted by Crippen LogP contribution is -2.39. The smallest absolute Gasteiger partial charge is 0.135 e. The van der Waals surface area contributed by atoms with E-state index in [1.54, 1.807) is 6.33 Å². The molecule has 0 saturated carbocycles. The molecule has 0 aromatic carbocycles. The first kappa shape index (κ1) is 14.3. The first-order chi connectivity index (χ1) is 9.01. The third-order valence-corrected chi connectivity index (χ3v) is 3.61. The molecule has 1 aromatic heterocycles. The van der Waals surface area contributed by atoms with Crippen LogP contribution < -0.4 is 4.90 Å². The van der Waals surface area contributed by atoms with Gasteiger partial charge in [0.2, 0.25) is 0 Å². The monoisotopic (exact) mass is 263 g/mol. The molecule has 2 rings (SSSR count). The highest BCUT2D eigenvalue weighted by Crippen LogP contribution is 2.27. The summed E-state index contributed by atoms with van der Waals surface area (Å²) in [5.74, 6) is 1.02. The van der Waals surface area contributed by atoms with Crippen molar-refractivity contribution in [3.05, 3.63) is 17.6 Å². The fraction of sp³-hybridized carbons (Fsp3) is 0.733. The molecule has 0 spiro atoms. The zero-order chi connectivity index (χ0) is 13.9. The van der Waals surface area contributed by atoms with Gasteiger partial charge in [0.1, 0.15) is 12.1 Å². The number of hydrogen-bond donors (Lipinski definition) is 1. The number of fused-ring (bicyclic) bond motifs is 1. The van der Waals surface area contributed by atoms with Gasteiger partial charge in [0.15, 0.2) is 0 Å². The normalized spacial score (nSPS) is 15.8. The number of aryl methyl sites for hydroxylation is 1. The van der Waals surface area contributed by atoms with Gasteiger partial charge in [-0.2, -0.15) is 0 Å². The van der Waals surface area contributed by atoms with E-state index in [4.69, 9.17) is 0 Å². The van der Waals surface area contributed by atoms with Crippen LogP contribution in [0.15, 0.2) is 6.33 Å². The highest BCUT2D eigenvalue weighted by molar-refractivity contribution is 5.49. The van der Waals surface area contributed by atoms with Gasteiger partial charge in [-0.15, -0.1) is 0 Å². The standard InChI is InChI=1S/C15H25N3O/c1-4-18(10-15(2,3)19)14-12-8-6-5-7-9-13(12)16-11-17-14/h11,19H,4-10H2,1-3H3. The van der Waals surface area contributed by atoms with Crippen LogP contribution in [0.4, 0.5) is 5.82 Å². The van der Waals surface area contributed by atoms with Gasteiger partial charge in [-0.1, -0.05) is 6.42 Å². The summed E-state index contributed by atoms with van der Waals surface area (Å²) >= 11 is 0. The van der Waals surface area contributed by atoms with Crippen LogP contribution in [0, 0.1) is 0 Å². The van der Waals surface area contributed by atoms with Gasteiger partial charge < -0.3 is 10.0 Å². The van der Waals surface area contributed by atoms with Crippen molar-refractivity contribution in [3.63, 3.8) is 0 Å². The van der Waals surface area contributed by atoms with Gasteiger partial charge in [0.25, 0.3) is 0 Å². The number of aliphatic hydroxyl groups is 1. The Morgan fingerprint density at radius 2 is 1.95 bits per heavy atom. The lowest BCUT2D eigenvalue weighted by Gasteiger charge is -2.30. The molecule has 4 heteroatoms. The predicted octanol–water partition coefficient (Wildman–Crippen LogP) is 2.34. The molecule has 0 fully saturated rings. The third kappa shape index (κ3) is 3.66. The molecule has 0 bridgehead atoms. The van der Waals surface area contributed by atoms with E-state index in [0.29, 0.717) is 6.54 Å². The first-order valence-corrected chi connectivity index (χ1v) is 7.31. The minimum Gasteiger partial charge on any atom is -0.389 e. The zero-order valence-corrected chi connectivity index (χ0v) is 12.3. The summed E-state index contributed by atoms with van der Waals surface area (Å²) in [6.07, 6.45) is 7.51. The van der Waals surface area contributed by atoms with Crippen LogP contribution in [-0.4, -0.2) is 33.8 Å². The molecular formula is C15H25N3O. The second-order valence-corrected chi connectivity index (χ2v) is 6.01. The van der Waals surface area contributed by atoms with Crippen LogP contribution in [0.3, 0.4) is 0 Å². The maximum absolute atomic E-state index is 10.1. The summed E-state index contributed by atoms with van der Waals surface area (Å²) < 4.78 is 0. The first-order valence-electron chi connectivity index (χ1n) is 7.31. The molecule has 0 atom stereocenters. The molecule has 106 valence electrons. The van der Waals surface area contributed by atoms with Crippen molar-refractivity contribution in [1.29, 1.82) is 0 Å². The quantitative estimate of drug-likeness (QED) is 0.847. The lowest BCUT2D eigenvalue weighted by atomic mass is 10.1. The Morgan fingerprint density at radius 3 is 2.63 bits per heavy atom. The SMILES string of the molecule is CCN(CC(C)(C)O)c1ncnc2c1CCCCC2. The van der Waals surface area contributed by atoms with Gasteiger partial charge in [-0.3, -0.25) is 0 Å². The van der Waals surface area contributed by atoms with Gasteiger partial charge in [-0.25, -0.2) is 9.97 Å². The average Bonchev–Trinajstić information content (AvgIpc) is 2.59. The lowest BCUT2D eigenvalue weighted by molar-refractivity contribution is 0.0873. The van der Waals surface area contributed by atoms with Crippen LogP contribution in [0.25, 0.3) is 0 Å². The Bertz CT molecular complexity index is 426. The molecule has 1 heterocycles. The Hall–Kier alpha value is -1.16. The highest BCUT2D eigenvalue weighted by Gasteiger charge is 2.22. The van der Waals surface area contributed by atoms with E-state index in [-0.39, 0.29) is 0 Å². The van der Waals surface area contributed by atoms with E-state index < -0.39 is 5.60 Å². The second kappa shape index (κ2) is 5.87. The number of nitrogens with zero attached hydrogens (tertiary/aromatic N) is 3. The molecule has 1 N–H and O–H groups in total. The Morgan fingerprint density at radius 1 is 1.21 bits per heavy atom. The Balaban J connectivity index is 2.32.